The normalized spacial score (nSPS) is 11.9. The van der Waals surface area contributed by atoms with Crippen LogP contribution in [0.1, 0.15) is 0 Å². The zero-order chi connectivity index (χ0) is 30.2. The number of hydrogen-bond acceptors (Lipinski definition) is 2. The average Bonchev–Trinajstić information content (AvgIpc) is 3.78. The fraction of sp³-hybridized carbons (Fsp3) is 0. The van der Waals surface area contributed by atoms with Gasteiger partial charge in [0, 0.05) is 0 Å². The van der Waals surface area contributed by atoms with E-state index in [-0.39, 0.29) is 0 Å². The molecule has 10 aromatic rings. The molecule has 0 unspecified atom stereocenters. The van der Waals surface area contributed by atoms with E-state index in [1.54, 1.807) is 0 Å². The van der Waals surface area contributed by atoms with Crippen LogP contribution in [0, 0.1) is 0 Å². The van der Waals surface area contributed by atoms with Crippen molar-refractivity contribution in [3.63, 3.8) is 0 Å². The number of anilines is 3. The number of hydrogen-bond donors (Lipinski definition) is 0. The van der Waals surface area contributed by atoms with Crippen LogP contribution in [-0.2, 0) is 0 Å². The summed E-state index contributed by atoms with van der Waals surface area (Å²) in [4.78, 5) is 2.42. The summed E-state index contributed by atoms with van der Waals surface area (Å²) in [5, 5.41) is 7.39. The first-order chi connectivity index (χ1) is 22.8. The molecular formula is C42H26N2OSe. The number of fused-ring (bicyclic) bond motifs is 9. The van der Waals surface area contributed by atoms with Crippen LogP contribution in [-0.4, -0.2) is 19.1 Å². The van der Waals surface area contributed by atoms with Gasteiger partial charge < -0.3 is 0 Å². The molecular weight excluding hydrogens is 627 g/mol. The second-order valence-electron chi connectivity index (χ2n) is 11.8. The molecule has 46 heavy (non-hydrogen) atoms. The molecule has 3 aromatic heterocycles. The Labute approximate surface area is 270 Å². The van der Waals surface area contributed by atoms with E-state index in [9.17, 15) is 0 Å². The van der Waals surface area contributed by atoms with Gasteiger partial charge in [-0.05, 0) is 0 Å². The number of para-hydroxylation sites is 3. The molecule has 10 rings (SSSR count). The van der Waals surface area contributed by atoms with E-state index in [0.717, 1.165) is 44.7 Å². The van der Waals surface area contributed by atoms with Gasteiger partial charge in [-0.1, -0.05) is 18.2 Å². The first kappa shape index (κ1) is 25.8. The molecule has 0 aliphatic carbocycles. The van der Waals surface area contributed by atoms with E-state index in [2.05, 4.69) is 161 Å². The number of aromatic nitrogens is 1. The third-order valence-corrected chi connectivity index (χ3v) is 11.6. The molecule has 0 atom stereocenters. The van der Waals surface area contributed by atoms with Crippen LogP contribution in [0.5, 0.6) is 0 Å². The van der Waals surface area contributed by atoms with Crippen molar-refractivity contribution in [3.05, 3.63) is 158 Å². The fourth-order valence-electron chi connectivity index (χ4n) is 7.18. The van der Waals surface area contributed by atoms with E-state index >= 15 is 0 Å². The Balaban J connectivity index is 1.29. The third kappa shape index (κ3) is 3.78. The Kier molecular flexibility index (Phi) is 5.59. The molecule has 3 heterocycles. The second-order valence-corrected chi connectivity index (χ2v) is 14.0. The van der Waals surface area contributed by atoms with Gasteiger partial charge in [-0.15, -0.1) is 0 Å². The maximum atomic E-state index is 6.39. The van der Waals surface area contributed by atoms with E-state index in [1.807, 2.05) is 6.07 Å². The number of rotatable bonds is 4. The molecule has 0 saturated heterocycles. The van der Waals surface area contributed by atoms with Crippen LogP contribution in [0.25, 0.3) is 68.7 Å². The zero-order valence-electron chi connectivity index (χ0n) is 24.7. The van der Waals surface area contributed by atoms with Crippen molar-refractivity contribution in [2.75, 3.05) is 4.90 Å². The van der Waals surface area contributed by atoms with E-state index < -0.39 is 0 Å². The molecule has 0 N–H and O–H groups in total. The Morgan fingerprint density at radius 3 is 2.00 bits per heavy atom. The molecule has 4 heteroatoms. The topological polar surface area (TPSA) is 21.3 Å². The van der Waals surface area contributed by atoms with Crippen LogP contribution in [0.4, 0.5) is 17.1 Å². The van der Waals surface area contributed by atoms with Crippen LogP contribution in [0.15, 0.2) is 162 Å². The molecule has 0 aliphatic rings. The van der Waals surface area contributed by atoms with Gasteiger partial charge in [-0.25, -0.2) is 0 Å². The van der Waals surface area contributed by atoms with Gasteiger partial charge in [0.15, 0.2) is 0 Å². The second kappa shape index (κ2) is 9.98. The molecule has 0 amide bonds. The molecule has 7 aromatic carbocycles. The summed E-state index contributed by atoms with van der Waals surface area (Å²) in [6.07, 6.45) is 0. The monoisotopic (exact) mass is 654 g/mol. The quantitative estimate of drug-likeness (QED) is 0.176. The standard InChI is InChI=1S/C42H26N2OSe/c1-2-11-27(12-3-1)44-35-16-7-4-13-30(35)33-25-28(21-23-36(33)44)43(29-22-24-41-34(26-29)31-14-6-9-20-40(31)46-41)37-17-10-19-39-42(37)32-15-5-8-18-38(32)45-39/h1-26H. The van der Waals surface area contributed by atoms with Crippen LogP contribution < -0.4 is 4.90 Å². The Hall–Kier alpha value is -5.54. The molecule has 0 saturated carbocycles. The minimum Gasteiger partial charge on any atom is -0.0602 e. The Bertz CT molecular complexity index is 2770. The minimum absolute atomic E-state index is 0.314. The van der Waals surface area contributed by atoms with Gasteiger partial charge in [-0.2, -0.15) is 0 Å². The third-order valence-electron chi connectivity index (χ3n) is 9.17. The van der Waals surface area contributed by atoms with E-state index in [4.69, 9.17) is 4.42 Å². The molecule has 216 valence electrons. The van der Waals surface area contributed by atoms with Crippen LogP contribution >= 0.6 is 0 Å². The Morgan fingerprint density at radius 1 is 0.457 bits per heavy atom. The predicted molar refractivity (Wildman–Crippen MR) is 195 cm³/mol. The molecule has 0 fully saturated rings. The maximum absolute atomic E-state index is 6.39. The van der Waals surface area contributed by atoms with Gasteiger partial charge >= 0.3 is 254 Å². The van der Waals surface area contributed by atoms with Gasteiger partial charge in [0.25, 0.3) is 0 Å². The molecule has 0 aliphatic heterocycles. The SMILES string of the molecule is c1ccc(-n2c3ccccc3c3cc(N(c4ccc5[se]c6ccccc6c5c4)c4cccc5oc6ccccc6c45)ccc32)cc1. The van der Waals surface area contributed by atoms with Crippen molar-refractivity contribution in [2.24, 2.45) is 0 Å². The molecule has 0 bridgehead atoms. The fourth-order valence-corrected chi connectivity index (χ4v) is 9.46. The number of nitrogens with zero attached hydrogens (tertiary/aromatic N) is 2. The first-order valence-electron chi connectivity index (χ1n) is 15.5. The number of furan rings is 1. The molecule has 0 spiro atoms. The Morgan fingerprint density at radius 2 is 1.11 bits per heavy atom. The first-order valence-corrected chi connectivity index (χ1v) is 17.2. The number of benzene rings is 7. The van der Waals surface area contributed by atoms with Crippen molar-refractivity contribution in [1.82, 2.24) is 4.57 Å². The van der Waals surface area contributed by atoms with Crippen molar-refractivity contribution < 1.29 is 4.42 Å². The van der Waals surface area contributed by atoms with Gasteiger partial charge in [0.05, 0.1) is 0 Å². The van der Waals surface area contributed by atoms with Gasteiger partial charge in [0.2, 0.25) is 0 Å². The van der Waals surface area contributed by atoms with E-state index in [1.165, 1.54) is 41.1 Å². The predicted octanol–water partition coefficient (Wildman–Crippen LogP) is 11.5. The summed E-state index contributed by atoms with van der Waals surface area (Å²) in [6, 6.07) is 57.0. The average molecular weight is 654 g/mol. The van der Waals surface area contributed by atoms with Gasteiger partial charge in [0.1, 0.15) is 0 Å². The van der Waals surface area contributed by atoms with Crippen molar-refractivity contribution in [1.29, 1.82) is 0 Å². The summed E-state index contributed by atoms with van der Waals surface area (Å²) < 4.78 is 11.6. The van der Waals surface area contributed by atoms with Crippen molar-refractivity contribution in [2.45, 2.75) is 0 Å². The van der Waals surface area contributed by atoms with E-state index in [0.29, 0.717) is 14.5 Å². The smallest absolute Gasteiger partial charge is 0.0602 e. The molecule has 0 radical (unpaired) electrons. The zero-order valence-corrected chi connectivity index (χ0v) is 26.4. The van der Waals surface area contributed by atoms with Crippen molar-refractivity contribution >= 4 is 94.6 Å². The summed E-state index contributed by atoms with van der Waals surface area (Å²) in [5.74, 6) is 0. The minimum atomic E-state index is 0.314. The summed E-state index contributed by atoms with van der Waals surface area (Å²) in [5.41, 5.74) is 8.68. The summed E-state index contributed by atoms with van der Waals surface area (Å²) in [7, 11) is 0. The van der Waals surface area contributed by atoms with Gasteiger partial charge in [-0.3, -0.25) is 0 Å². The molecule has 3 nitrogen and oxygen atoms in total. The van der Waals surface area contributed by atoms with Crippen LogP contribution in [0.2, 0.25) is 0 Å². The van der Waals surface area contributed by atoms with Crippen LogP contribution in [0.3, 0.4) is 0 Å². The summed E-state index contributed by atoms with van der Waals surface area (Å²) >= 11 is 0.314. The summed E-state index contributed by atoms with van der Waals surface area (Å²) in [6.45, 7) is 0. The van der Waals surface area contributed by atoms with Crippen molar-refractivity contribution in [3.8, 4) is 5.69 Å².